The number of benzene rings is 1. The number of carbonyl (C=O) groups is 2. The molecule has 0 atom stereocenters. The van der Waals surface area contributed by atoms with E-state index in [0.29, 0.717) is 22.7 Å². The van der Waals surface area contributed by atoms with Crippen molar-refractivity contribution >= 4 is 41.2 Å². The summed E-state index contributed by atoms with van der Waals surface area (Å²) >= 11 is 1.36. The maximum Gasteiger partial charge on any atom is 0.265 e. The first-order valence-electron chi connectivity index (χ1n) is 7.09. The molecule has 2 aromatic rings. The predicted molar refractivity (Wildman–Crippen MR) is 96.8 cm³/mol. The van der Waals surface area contributed by atoms with Gasteiger partial charge in [-0.15, -0.1) is 23.7 Å². The average Bonchev–Trinajstić information content (AvgIpc) is 3.06. The molecule has 0 spiro atoms. The molecule has 0 saturated carbocycles. The van der Waals surface area contributed by atoms with Crippen LogP contribution >= 0.6 is 23.7 Å². The molecule has 5 nitrogen and oxygen atoms in total. The number of para-hydroxylation sites is 1. The minimum atomic E-state index is -0.203. The van der Waals surface area contributed by atoms with Crippen molar-refractivity contribution < 1.29 is 9.59 Å². The van der Waals surface area contributed by atoms with Gasteiger partial charge in [0.05, 0.1) is 16.1 Å². The van der Waals surface area contributed by atoms with Crippen LogP contribution in [-0.2, 0) is 0 Å². The predicted octanol–water partition coefficient (Wildman–Crippen LogP) is 2.76. The van der Waals surface area contributed by atoms with Gasteiger partial charge in [-0.1, -0.05) is 18.2 Å². The summed E-state index contributed by atoms with van der Waals surface area (Å²) < 4.78 is 0. The lowest BCUT2D eigenvalue weighted by molar-refractivity contribution is 0.0954. The van der Waals surface area contributed by atoms with Crippen molar-refractivity contribution in [2.24, 2.45) is 0 Å². The van der Waals surface area contributed by atoms with Crippen LogP contribution in [0, 0.1) is 0 Å². The summed E-state index contributed by atoms with van der Waals surface area (Å²) in [6.45, 7) is 1.43. The van der Waals surface area contributed by atoms with Gasteiger partial charge >= 0.3 is 0 Å². The smallest absolute Gasteiger partial charge is 0.265 e. The second-order valence-electron chi connectivity index (χ2n) is 4.69. The van der Waals surface area contributed by atoms with Gasteiger partial charge < -0.3 is 16.0 Å². The quantitative estimate of drug-likeness (QED) is 0.670. The minimum absolute atomic E-state index is 0. The van der Waals surface area contributed by atoms with Crippen LogP contribution in [0.4, 0.5) is 5.69 Å². The van der Waals surface area contributed by atoms with Crippen LogP contribution in [0.3, 0.4) is 0 Å². The summed E-state index contributed by atoms with van der Waals surface area (Å²) in [5.41, 5.74) is 0.990. The lowest BCUT2D eigenvalue weighted by Gasteiger charge is -2.11. The zero-order valence-corrected chi connectivity index (χ0v) is 14.4. The maximum absolute atomic E-state index is 12.2. The molecule has 124 valence electrons. The molecule has 2 amide bonds. The third-order valence-corrected chi connectivity index (χ3v) is 3.92. The van der Waals surface area contributed by atoms with E-state index < -0.39 is 0 Å². The topological polar surface area (TPSA) is 70.2 Å². The molecule has 0 aliphatic carbocycles. The van der Waals surface area contributed by atoms with Gasteiger partial charge in [0.1, 0.15) is 0 Å². The molecule has 0 bridgehead atoms. The third-order valence-electron chi connectivity index (χ3n) is 3.05. The normalized spacial score (nSPS) is 9.78. The van der Waals surface area contributed by atoms with Crippen LogP contribution in [0.1, 0.15) is 26.5 Å². The molecular formula is C16H20ClN3O2S. The highest BCUT2D eigenvalue weighted by molar-refractivity contribution is 7.12. The average molecular weight is 354 g/mol. The SMILES string of the molecule is CNCCCNC(=O)c1ccccc1NC(=O)c1cccs1.Cl. The number of carbonyl (C=O) groups excluding carboxylic acids is 2. The van der Waals surface area contributed by atoms with E-state index >= 15 is 0 Å². The van der Waals surface area contributed by atoms with Crippen LogP contribution in [-0.4, -0.2) is 32.0 Å². The number of anilines is 1. The molecule has 0 saturated heterocycles. The fraction of sp³-hybridized carbons (Fsp3) is 0.250. The fourth-order valence-corrected chi connectivity index (χ4v) is 2.56. The molecule has 0 unspecified atom stereocenters. The van der Waals surface area contributed by atoms with Crippen LogP contribution in [0.15, 0.2) is 41.8 Å². The molecule has 1 heterocycles. The van der Waals surface area contributed by atoms with E-state index in [1.54, 1.807) is 30.3 Å². The lowest BCUT2D eigenvalue weighted by Crippen LogP contribution is -2.27. The summed E-state index contributed by atoms with van der Waals surface area (Å²) in [6, 6.07) is 10.6. The van der Waals surface area contributed by atoms with Crippen molar-refractivity contribution in [3.8, 4) is 0 Å². The Morgan fingerprint density at radius 2 is 1.83 bits per heavy atom. The second kappa shape index (κ2) is 9.99. The summed E-state index contributed by atoms with van der Waals surface area (Å²) in [5.74, 6) is -0.386. The van der Waals surface area contributed by atoms with Crippen molar-refractivity contribution in [1.29, 1.82) is 0 Å². The standard InChI is InChI=1S/C16H19N3O2S.ClH/c1-17-9-5-10-18-15(20)12-6-2-3-7-13(12)19-16(21)14-8-4-11-22-14;/h2-4,6-8,11,17H,5,9-10H2,1H3,(H,18,20)(H,19,21);1H. The number of hydrogen-bond acceptors (Lipinski definition) is 4. The van der Waals surface area contributed by atoms with Crippen molar-refractivity contribution in [2.75, 3.05) is 25.5 Å². The highest BCUT2D eigenvalue weighted by Gasteiger charge is 2.14. The first-order chi connectivity index (χ1) is 10.7. The summed E-state index contributed by atoms with van der Waals surface area (Å²) in [5, 5.41) is 10.5. The largest absolute Gasteiger partial charge is 0.352 e. The van der Waals surface area contributed by atoms with Gasteiger partial charge in [-0.25, -0.2) is 0 Å². The number of rotatable bonds is 7. The number of nitrogens with one attached hydrogen (secondary N) is 3. The molecule has 7 heteroatoms. The first kappa shape index (κ1) is 19.2. The van der Waals surface area contributed by atoms with E-state index in [-0.39, 0.29) is 24.2 Å². The minimum Gasteiger partial charge on any atom is -0.352 e. The molecule has 0 aliphatic rings. The van der Waals surface area contributed by atoms with Crippen molar-refractivity contribution in [3.05, 3.63) is 52.2 Å². The Kier molecular flexibility index (Phi) is 8.32. The lowest BCUT2D eigenvalue weighted by atomic mass is 10.1. The molecule has 2 rings (SSSR count). The molecule has 1 aromatic carbocycles. The summed E-state index contributed by atoms with van der Waals surface area (Å²) in [7, 11) is 1.87. The van der Waals surface area contributed by atoms with Gasteiger partial charge in [-0.3, -0.25) is 9.59 Å². The Morgan fingerprint density at radius 1 is 1.04 bits per heavy atom. The molecule has 1 aromatic heterocycles. The van der Waals surface area contributed by atoms with Crippen molar-refractivity contribution in [2.45, 2.75) is 6.42 Å². The van der Waals surface area contributed by atoms with E-state index in [0.717, 1.165) is 13.0 Å². The zero-order valence-electron chi connectivity index (χ0n) is 12.8. The van der Waals surface area contributed by atoms with E-state index in [2.05, 4.69) is 16.0 Å². The Bertz CT molecular complexity index is 632. The third kappa shape index (κ3) is 5.67. The monoisotopic (exact) mass is 353 g/mol. The molecular weight excluding hydrogens is 334 g/mol. The number of hydrogen-bond donors (Lipinski definition) is 3. The van der Waals surface area contributed by atoms with E-state index in [4.69, 9.17) is 0 Å². The van der Waals surface area contributed by atoms with Gasteiger partial charge in [0.25, 0.3) is 11.8 Å². The van der Waals surface area contributed by atoms with Crippen LogP contribution in [0.5, 0.6) is 0 Å². The number of amides is 2. The van der Waals surface area contributed by atoms with E-state index in [9.17, 15) is 9.59 Å². The number of thiophene rings is 1. The second-order valence-corrected chi connectivity index (χ2v) is 5.64. The Balaban J connectivity index is 0.00000264. The molecule has 23 heavy (non-hydrogen) atoms. The summed E-state index contributed by atoms with van der Waals surface area (Å²) in [6.07, 6.45) is 0.853. The van der Waals surface area contributed by atoms with E-state index in [1.165, 1.54) is 11.3 Å². The zero-order chi connectivity index (χ0) is 15.8. The van der Waals surface area contributed by atoms with Gasteiger partial charge in [0.15, 0.2) is 0 Å². The molecule has 0 fully saturated rings. The van der Waals surface area contributed by atoms with E-state index in [1.807, 2.05) is 18.5 Å². The number of halogens is 1. The van der Waals surface area contributed by atoms with Crippen molar-refractivity contribution in [1.82, 2.24) is 10.6 Å². The highest BCUT2D eigenvalue weighted by atomic mass is 35.5. The Labute approximate surface area is 145 Å². The van der Waals surface area contributed by atoms with Gasteiger partial charge in [0.2, 0.25) is 0 Å². The first-order valence-corrected chi connectivity index (χ1v) is 7.97. The highest BCUT2D eigenvalue weighted by Crippen LogP contribution is 2.17. The Morgan fingerprint density at radius 3 is 2.52 bits per heavy atom. The molecule has 0 aliphatic heterocycles. The maximum atomic E-state index is 12.2. The molecule has 0 radical (unpaired) electrons. The van der Waals surface area contributed by atoms with Crippen LogP contribution < -0.4 is 16.0 Å². The van der Waals surface area contributed by atoms with Gasteiger partial charge in [-0.05, 0) is 43.6 Å². The fourth-order valence-electron chi connectivity index (χ4n) is 1.94. The van der Waals surface area contributed by atoms with Crippen LogP contribution in [0.25, 0.3) is 0 Å². The molecule has 3 N–H and O–H groups in total. The van der Waals surface area contributed by atoms with Gasteiger partial charge in [-0.2, -0.15) is 0 Å². The Hall–Kier alpha value is -1.89. The van der Waals surface area contributed by atoms with Crippen LogP contribution in [0.2, 0.25) is 0 Å². The van der Waals surface area contributed by atoms with Crippen molar-refractivity contribution in [3.63, 3.8) is 0 Å². The van der Waals surface area contributed by atoms with Gasteiger partial charge in [0, 0.05) is 6.54 Å². The summed E-state index contributed by atoms with van der Waals surface area (Å²) in [4.78, 5) is 24.9.